The molecular weight excluding hydrogens is 508 g/mol. The Morgan fingerprint density at radius 3 is 2.48 bits per heavy atom. The molecule has 2 N–H and O–H groups in total. The minimum Gasteiger partial charge on any atom is -0.321 e. The van der Waals surface area contributed by atoms with Gasteiger partial charge in [-0.25, -0.2) is 21.8 Å². The lowest BCUT2D eigenvalue weighted by Crippen LogP contribution is -2.29. The minimum atomic E-state index is -3.80. The van der Waals surface area contributed by atoms with Gasteiger partial charge in [-0.2, -0.15) is 0 Å². The molecule has 0 radical (unpaired) electrons. The van der Waals surface area contributed by atoms with Crippen molar-refractivity contribution < 1.29 is 21.6 Å². The number of aromatic nitrogens is 1. The predicted octanol–water partition coefficient (Wildman–Crippen LogP) is 3.48. The summed E-state index contributed by atoms with van der Waals surface area (Å²) in [6, 6.07) is 11.0. The zero-order chi connectivity index (χ0) is 24.0. The number of carbonyl (C=O) groups is 1. The molecule has 0 atom stereocenters. The van der Waals surface area contributed by atoms with E-state index in [1.807, 2.05) is 0 Å². The first-order chi connectivity index (χ1) is 15.4. The summed E-state index contributed by atoms with van der Waals surface area (Å²) >= 11 is 6.79. The van der Waals surface area contributed by atoms with E-state index in [1.54, 1.807) is 25.1 Å². The summed E-state index contributed by atoms with van der Waals surface area (Å²) in [4.78, 5) is 17.2. The van der Waals surface area contributed by atoms with E-state index >= 15 is 0 Å². The van der Waals surface area contributed by atoms with Gasteiger partial charge in [0, 0.05) is 17.3 Å². The number of aryl methyl sites for hydroxylation is 1. The lowest BCUT2D eigenvalue weighted by Gasteiger charge is -2.20. The summed E-state index contributed by atoms with van der Waals surface area (Å²) in [5, 5.41) is 3.27. The van der Waals surface area contributed by atoms with Crippen molar-refractivity contribution in [2.24, 2.45) is 0 Å². The Bertz CT molecular complexity index is 1450. The van der Waals surface area contributed by atoms with Crippen molar-refractivity contribution in [1.82, 2.24) is 4.98 Å². The zero-order valence-corrected chi connectivity index (χ0v) is 20.7. The van der Waals surface area contributed by atoms with Crippen LogP contribution < -0.4 is 14.3 Å². The van der Waals surface area contributed by atoms with Crippen molar-refractivity contribution in [3.63, 3.8) is 0 Å². The van der Waals surface area contributed by atoms with E-state index in [1.165, 1.54) is 28.6 Å². The Morgan fingerprint density at radius 2 is 1.82 bits per heavy atom. The number of sulfonamides is 2. The van der Waals surface area contributed by atoms with Crippen LogP contribution in [0.5, 0.6) is 0 Å². The molecule has 1 aromatic heterocycles. The van der Waals surface area contributed by atoms with E-state index in [-0.39, 0.29) is 21.4 Å². The van der Waals surface area contributed by atoms with Gasteiger partial charge in [0.15, 0.2) is 5.13 Å². The number of hydrogen-bond acceptors (Lipinski definition) is 7. The van der Waals surface area contributed by atoms with Crippen LogP contribution in [0.25, 0.3) is 0 Å². The molecular formula is C20H19ClN4O5S3. The van der Waals surface area contributed by atoms with Crippen molar-refractivity contribution in [2.45, 2.75) is 18.2 Å². The monoisotopic (exact) mass is 526 g/mol. The molecule has 0 aliphatic carbocycles. The lowest BCUT2D eigenvalue weighted by atomic mass is 10.1. The second-order valence-electron chi connectivity index (χ2n) is 7.39. The fraction of sp³-hybridized carbons (Fsp3) is 0.200. The highest BCUT2D eigenvalue weighted by Crippen LogP contribution is 2.35. The average molecular weight is 527 g/mol. The quantitative estimate of drug-likeness (QED) is 0.506. The average Bonchev–Trinajstić information content (AvgIpc) is 3.30. The van der Waals surface area contributed by atoms with Gasteiger partial charge in [-0.3, -0.25) is 13.8 Å². The molecule has 0 spiro atoms. The van der Waals surface area contributed by atoms with Crippen LogP contribution in [0.3, 0.4) is 0 Å². The molecule has 4 rings (SSSR count). The number of anilines is 3. The van der Waals surface area contributed by atoms with Crippen LogP contribution in [0, 0.1) is 6.92 Å². The minimum absolute atomic E-state index is 0.0920. The zero-order valence-electron chi connectivity index (χ0n) is 17.5. The number of thiazole rings is 1. The van der Waals surface area contributed by atoms with Crippen LogP contribution in [-0.2, 0) is 26.5 Å². The number of nitrogens with one attached hydrogen (secondary N) is 2. The molecule has 1 aliphatic rings. The Balaban J connectivity index is 1.59. The first-order valence-electron chi connectivity index (χ1n) is 9.62. The van der Waals surface area contributed by atoms with Crippen LogP contribution in [0.2, 0.25) is 5.02 Å². The van der Waals surface area contributed by atoms with Gasteiger partial charge < -0.3 is 5.32 Å². The summed E-state index contributed by atoms with van der Waals surface area (Å²) in [5.41, 5.74) is 2.11. The molecule has 174 valence electrons. The molecule has 1 aliphatic heterocycles. The van der Waals surface area contributed by atoms with Crippen LogP contribution in [-0.4, -0.2) is 40.5 Å². The molecule has 3 aromatic rings. The molecule has 1 amide bonds. The van der Waals surface area contributed by atoms with Gasteiger partial charge in [0.1, 0.15) is 4.88 Å². The summed E-state index contributed by atoms with van der Waals surface area (Å²) in [7, 11) is -7.32. The fourth-order valence-electron chi connectivity index (χ4n) is 3.41. The molecule has 2 aromatic carbocycles. The highest BCUT2D eigenvalue weighted by atomic mass is 35.5. The number of rotatable bonds is 6. The number of hydrogen-bond donors (Lipinski definition) is 2. The number of nitrogens with zero attached hydrogens (tertiary/aromatic N) is 2. The number of halogens is 1. The van der Waals surface area contributed by atoms with E-state index in [9.17, 15) is 21.6 Å². The maximum Gasteiger partial charge on any atom is 0.267 e. The normalized spacial score (nSPS) is 13.6. The van der Waals surface area contributed by atoms with Gasteiger partial charge in [-0.1, -0.05) is 29.0 Å². The van der Waals surface area contributed by atoms with Crippen molar-refractivity contribution in [1.29, 1.82) is 0 Å². The molecule has 9 nitrogen and oxygen atoms in total. The third-order valence-electron chi connectivity index (χ3n) is 4.87. The molecule has 0 bridgehead atoms. The summed E-state index contributed by atoms with van der Waals surface area (Å²) in [5.74, 6) is -0.475. The van der Waals surface area contributed by atoms with Gasteiger partial charge >= 0.3 is 0 Å². The third-order valence-corrected chi connectivity index (χ3v) is 8.72. The number of amides is 1. The highest BCUT2D eigenvalue weighted by molar-refractivity contribution is 7.93. The van der Waals surface area contributed by atoms with Crippen molar-refractivity contribution in [3.05, 3.63) is 63.6 Å². The summed E-state index contributed by atoms with van der Waals surface area (Å²) in [6.45, 7) is 1.88. The summed E-state index contributed by atoms with van der Waals surface area (Å²) in [6.07, 6.45) is 1.54. The van der Waals surface area contributed by atoms with E-state index in [2.05, 4.69) is 15.0 Å². The highest BCUT2D eigenvalue weighted by Gasteiger charge is 2.31. The SMILES string of the molecule is Cc1nc(NS(C)(=O)=O)sc1C(=O)Nc1ccc2c(c1)N(S(=O)(=O)c1ccc(Cl)cc1)CC2. The molecule has 13 heteroatoms. The van der Waals surface area contributed by atoms with Crippen molar-refractivity contribution in [3.8, 4) is 0 Å². The number of fused-ring (bicyclic) bond motifs is 1. The first-order valence-corrected chi connectivity index (χ1v) is 14.1. The first kappa shape index (κ1) is 23.5. The van der Waals surface area contributed by atoms with Gasteiger partial charge in [0.05, 0.1) is 22.5 Å². The Labute approximate surface area is 200 Å². The predicted molar refractivity (Wildman–Crippen MR) is 129 cm³/mol. The Kier molecular flexibility index (Phi) is 6.12. The van der Waals surface area contributed by atoms with E-state index in [0.29, 0.717) is 28.5 Å². The number of carbonyl (C=O) groups excluding carboxylic acids is 1. The lowest BCUT2D eigenvalue weighted by molar-refractivity contribution is 0.103. The van der Waals surface area contributed by atoms with Crippen LogP contribution in [0.1, 0.15) is 20.9 Å². The molecule has 0 saturated heterocycles. The second-order valence-corrected chi connectivity index (χ2v) is 12.4. The second kappa shape index (κ2) is 8.60. The standard InChI is InChI=1S/C20H19ClN4O5S3/c1-12-18(31-20(22-12)24-32(2,27)28)19(26)23-15-6-3-13-9-10-25(17(13)11-15)33(29,30)16-7-4-14(21)5-8-16/h3-8,11H,9-10H2,1-2H3,(H,22,24)(H,23,26). The van der Waals surface area contributed by atoms with Gasteiger partial charge in [0.2, 0.25) is 10.0 Å². The van der Waals surface area contributed by atoms with Crippen LogP contribution in [0.15, 0.2) is 47.4 Å². The van der Waals surface area contributed by atoms with E-state index in [0.717, 1.165) is 23.2 Å². The van der Waals surface area contributed by atoms with E-state index in [4.69, 9.17) is 11.6 Å². The smallest absolute Gasteiger partial charge is 0.267 e. The fourth-order valence-corrected chi connectivity index (χ4v) is 6.73. The number of benzene rings is 2. The van der Waals surface area contributed by atoms with Crippen molar-refractivity contribution >= 4 is 65.4 Å². The van der Waals surface area contributed by atoms with Gasteiger partial charge in [-0.05, 0) is 55.3 Å². The van der Waals surface area contributed by atoms with Crippen LogP contribution >= 0.6 is 22.9 Å². The molecule has 0 unspecified atom stereocenters. The largest absolute Gasteiger partial charge is 0.321 e. The van der Waals surface area contributed by atoms with Gasteiger partial charge in [0.25, 0.3) is 15.9 Å². The molecule has 0 fully saturated rings. The van der Waals surface area contributed by atoms with Crippen molar-refractivity contribution in [2.75, 3.05) is 27.1 Å². The maximum absolute atomic E-state index is 13.2. The Hall–Kier alpha value is -2.67. The maximum atomic E-state index is 13.2. The van der Waals surface area contributed by atoms with E-state index < -0.39 is 26.0 Å². The third kappa shape index (κ3) is 4.98. The molecule has 33 heavy (non-hydrogen) atoms. The molecule has 2 heterocycles. The van der Waals surface area contributed by atoms with Gasteiger partial charge in [-0.15, -0.1) is 0 Å². The summed E-state index contributed by atoms with van der Waals surface area (Å²) < 4.78 is 52.7. The topological polar surface area (TPSA) is 126 Å². The van der Waals surface area contributed by atoms with Crippen LogP contribution in [0.4, 0.5) is 16.5 Å². The Morgan fingerprint density at radius 1 is 1.12 bits per heavy atom. The molecule has 0 saturated carbocycles.